The van der Waals surface area contributed by atoms with Crippen LogP contribution in [0.3, 0.4) is 0 Å². The molecule has 1 aromatic heterocycles. The van der Waals surface area contributed by atoms with E-state index in [4.69, 9.17) is 4.74 Å². The number of imide groups is 2. The zero-order chi connectivity index (χ0) is 28.2. The number of hydrogen-bond acceptors (Lipinski definition) is 10. The van der Waals surface area contributed by atoms with Crippen molar-refractivity contribution in [3.63, 3.8) is 0 Å². The SMILES string of the molecule is Cc1nnc(-c2ccc(CNC(=O)CCCOc3cccc4c3C(=O)N(C3CCC(=O)NC3=O)C4=O)cc2)nn1. The Bertz CT molecular complexity index is 1490. The second-order valence-electron chi connectivity index (χ2n) is 9.32. The molecule has 13 nitrogen and oxygen atoms in total. The van der Waals surface area contributed by atoms with E-state index in [1.165, 1.54) is 6.07 Å². The number of nitrogens with one attached hydrogen (secondary N) is 2. The molecular weight excluding hydrogens is 518 g/mol. The Labute approximate surface area is 228 Å². The number of carbonyl (C=O) groups is 5. The number of rotatable bonds is 9. The fourth-order valence-corrected chi connectivity index (χ4v) is 4.47. The number of piperidine rings is 1. The van der Waals surface area contributed by atoms with Gasteiger partial charge >= 0.3 is 0 Å². The van der Waals surface area contributed by atoms with Gasteiger partial charge in [-0.1, -0.05) is 30.3 Å². The van der Waals surface area contributed by atoms with Gasteiger partial charge in [0.25, 0.3) is 11.8 Å². The van der Waals surface area contributed by atoms with E-state index in [-0.39, 0.29) is 48.7 Å². The lowest BCUT2D eigenvalue weighted by molar-refractivity contribution is -0.136. The fourth-order valence-electron chi connectivity index (χ4n) is 4.47. The Balaban J connectivity index is 1.11. The van der Waals surface area contributed by atoms with Crippen molar-refractivity contribution in [2.45, 2.75) is 45.2 Å². The lowest BCUT2D eigenvalue weighted by Crippen LogP contribution is -2.54. The molecule has 2 aliphatic rings. The number of fused-ring (bicyclic) bond motifs is 1. The predicted octanol–water partition coefficient (Wildman–Crippen LogP) is 1.12. The Morgan fingerprint density at radius 1 is 1.02 bits per heavy atom. The summed E-state index contributed by atoms with van der Waals surface area (Å²) in [5, 5.41) is 20.8. The molecule has 13 heteroatoms. The van der Waals surface area contributed by atoms with Crippen LogP contribution >= 0.6 is 0 Å². The third kappa shape index (κ3) is 5.53. The molecule has 0 bridgehead atoms. The van der Waals surface area contributed by atoms with E-state index in [1.54, 1.807) is 19.1 Å². The summed E-state index contributed by atoms with van der Waals surface area (Å²) in [7, 11) is 0. The zero-order valence-corrected chi connectivity index (χ0v) is 21.5. The molecule has 2 N–H and O–H groups in total. The highest BCUT2D eigenvalue weighted by Gasteiger charge is 2.45. The molecule has 1 unspecified atom stereocenters. The van der Waals surface area contributed by atoms with Crippen LogP contribution in [0.15, 0.2) is 42.5 Å². The summed E-state index contributed by atoms with van der Waals surface area (Å²) in [6.45, 7) is 2.18. The molecule has 2 aromatic carbocycles. The summed E-state index contributed by atoms with van der Waals surface area (Å²) in [6, 6.07) is 11.0. The topological polar surface area (TPSA) is 173 Å². The Morgan fingerprint density at radius 3 is 2.50 bits per heavy atom. The van der Waals surface area contributed by atoms with E-state index < -0.39 is 29.7 Å². The van der Waals surface area contributed by atoms with E-state index in [2.05, 4.69) is 31.0 Å². The van der Waals surface area contributed by atoms with Gasteiger partial charge in [-0.3, -0.25) is 34.2 Å². The van der Waals surface area contributed by atoms with Gasteiger partial charge in [0, 0.05) is 24.9 Å². The molecule has 5 rings (SSSR count). The van der Waals surface area contributed by atoms with E-state index in [0.29, 0.717) is 24.6 Å². The van der Waals surface area contributed by atoms with Crippen LogP contribution in [0.4, 0.5) is 0 Å². The number of amides is 5. The molecule has 1 atom stereocenters. The lowest BCUT2D eigenvalue weighted by atomic mass is 10.0. The van der Waals surface area contributed by atoms with Crippen molar-refractivity contribution in [3.8, 4) is 17.1 Å². The normalized spacial score (nSPS) is 16.5. The first-order valence-corrected chi connectivity index (χ1v) is 12.7. The van der Waals surface area contributed by atoms with E-state index in [9.17, 15) is 24.0 Å². The molecule has 1 fully saturated rings. The van der Waals surface area contributed by atoms with Gasteiger partial charge in [-0.2, -0.15) is 0 Å². The summed E-state index contributed by atoms with van der Waals surface area (Å²) in [5.74, 6) is -1.42. The van der Waals surface area contributed by atoms with Crippen LogP contribution in [-0.2, 0) is 20.9 Å². The predicted molar refractivity (Wildman–Crippen MR) is 137 cm³/mol. The average molecular weight is 544 g/mol. The van der Waals surface area contributed by atoms with Crippen LogP contribution in [0.1, 0.15) is 57.8 Å². The molecule has 1 saturated heterocycles. The van der Waals surface area contributed by atoms with E-state index in [0.717, 1.165) is 16.0 Å². The van der Waals surface area contributed by atoms with Gasteiger partial charge in [0.2, 0.25) is 23.5 Å². The maximum absolute atomic E-state index is 13.1. The summed E-state index contributed by atoms with van der Waals surface area (Å²) in [5.41, 5.74) is 1.87. The van der Waals surface area contributed by atoms with Gasteiger partial charge in [0.1, 0.15) is 11.8 Å². The number of benzene rings is 2. The highest BCUT2D eigenvalue weighted by Crippen LogP contribution is 2.33. The minimum absolute atomic E-state index is 0.0400. The number of hydrogen-bond donors (Lipinski definition) is 2. The molecule has 0 aliphatic carbocycles. The highest BCUT2D eigenvalue weighted by atomic mass is 16.5. The number of nitrogens with zero attached hydrogens (tertiary/aromatic N) is 5. The maximum atomic E-state index is 13.1. The largest absolute Gasteiger partial charge is 0.493 e. The summed E-state index contributed by atoms with van der Waals surface area (Å²) < 4.78 is 5.77. The van der Waals surface area contributed by atoms with Crippen molar-refractivity contribution in [1.29, 1.82) is 0 Å². The molecule has 3 heterocycles. The third-order valence-electron chi connectivity index (χ3n) is 6.52. The molecule has 2 aliphatic heterocycles. The van der Waals surface area contributed by atoms with Crippen LogP contribution in [0.5, 0.6) is 5.75 Å². The Hall–Kier alpha value is -5.07. The maximum Gasteiger partial charge on any atom is 0.266 e. The summed E-state index contributed by atoms with van der Waals surface area (Å²) in [4.78, 5) is 63.0. The van der Waals surface area contributed by atoms with Gasteiger partial charge in [-0.15, -0.1) is 20.4 Å². The number of aryl methyl sites for hydroxylation is 1. The fraction of sp³-hybridized carbons (Fsp3) is 0.296. The Morgan fingerprint density at radius 2 is 1.77 bits per heavy atom. The first kappa shape index (κ1) is 26.5. The standard InChI is InChI=1S/C27H25N7O6/c1-15-30-32-24(33-31-15)17-9-7-16(8-10-17)14-28-21(35)6-3-13-40-20-5-2-4-18-23(20)27(39)34(26(18)38)19-11-12-22(36)29-25(19)37/h2,4-5,7-10,19H,3,6,11-14H2,1H3,(H,28,35)(H,29,36,37). The molecule has 0 radical (unpaired) electrons. The molecule has 3 aromatic rings. The van der Waals surface area contributed by atoms with Crippen molar-refractivity contribution >= 4 is 29.5 Å². The first-order chi connectivity index (χ1) is 19.3. The molecule has 204 valence electrons. The molecule has 0 spiro atoms. The highest BCUT2D eigenvalue weighted by molar-refractivity contribution is 6.24. The van der Waals surface area contributed by atoms with Crippen molar-refractivity contribution in [2.24, 2.45) is 0 Å². The molecular formula is C27H25N7O6. The van der Waals surface area contributed by atoms with Crippen molar-refractivity contribution < 1.29 is 28.7 Å². The molecule has 40 heavy (non-hydrogen) atoms. The quantitative estimate of drug-likeness (QED) is 0.294. The molecule has 5 amide bonds. The van der Waals surface area contributed by atoms with Crippen LogP contribution in [-0.4, -0.2) is 67.5 Å². The third-order valence-corrected chi connectivity index (χ3v) is 6.52. The minimum atomic E-state index is -1.05. The van der Waals surface area contributed by atoms with E-state index in [1.807, 2.05) is 24.3 Å². The van der Waals surface area contributed by atoms with Gasteiger partial charge in [-0.05, 0) is 37.5 Å². The lowest BCUT2D eigenvalue weighted by Gasteiger charge is -2.27. The van der Waals surface area contributed by atoms with Crippen LogP contribution in [0.25, 0.3) is 11.4 Å². The second kappa shape index (κ2) is 11.4. The second-order valence-corrected chi connectivity index (χ2v) is 9.32. The molecule has 0 saturated carbocycles. The number of ether oxygens (including phenoxy) is 1. The summed E-state index contributed by atoms with van der Waals surface area (Å²) in [6.07, 6.45) is 0.676. The van der Waals surface area contributed by atoms with Crippen LogP contribution in [0, 0.1) is 6.92 Å². The van der Waals surface area contributed by atoms with Crippen LogP contribution in [0.2, 0.25) is 0 Å². The van der Waals surface area contributed by atoms with Crippen molar-refractivity contribution in [1.82, 2.24) is 35.9 Å². The smallest absolute Gasteiger partial charge is 0.266 e. The van der Waals surface area contributed by atoms with Gasteiger partial charge < -0.3 is 10.1 Å². The van der Waals surface area contributed by atoms with E-state index >= 15 is 0 Å². The minimum Gasteiger partial charge on any atom is -0.493 e. The van der Waals surface area contributed by atoms with Crippen molar-refractivity contribution in [2.75, 3.05) is 6.61 Å². The van der Waals surface area contributed by atoms with Gasteiger partial charge in [0.05, 0.1) is 17.7 Å². The Kier molecular flexibility index (Phi) is 7.53. The number of carbonyl (C=O) groups excluding carboxylic acids is 5. The average Bonchev–Trinajstić information content (AvgIpc) is 3.21. The monoisotopic (exact) mass is 543 g/mol. The zero-order valence-electron chi connectivity index (χ0n) is 21.5. The van der Waals surface area contributed by atoms with Crippen molar-refractivity contribution in [3.05, 3.63) is 65.0 Å². The van der Waals surface area contributed by atoms with Gasteiger partial charge in [0.15, 0.2) is 5.82 Å². The van der Waals surface area contributed by atoms with Crippen LogP contribution < -0.4 is 15.4 Å². The number of aromatic nitrogens is 4. The van der Waals surface area contributed by atoms with Gasteiger partial charge in [-0.25, -0.2) is 0 Å². The first-order valence-electron chi connectivity index (χ1n) is 12.7. The summed E-state index contributed by atoms with van der Waals surface area (Å²) >= 11 is 0.